The lowest BCUT2D eigenvalue weighted by Gasteiger charge is -2.33. The molecule has 0 saturated heterocycles. The quantitative estimate of drug-likeness (QED) is 0.576. The molecule has 1 aromatic heterocycles. The van der Waals surface area contributed by atoms with Crippen molar-refractivity contribution in [3.05, 3.63) is 60.0 Å². The number of hydrogen-bond donors (Lipinski definition) is 1. The molecule has 1 N–H and O–H groups in total. The van der Waals surface area contributed by atoms with E-state index in [0.29, 0.717) is 11.7 Å². The standard InChI is InChI=1S/C24H28N4O3/c1-17-7-6-8-19(15-17)25-24(29)28(20-9-4-3-5-10-20)16-22-26-23(27-31-22)18-11-13-21(30-2)14-12-18/h6-8,11-15,20H,3-5,9-10,16H2,1-2H3,(H,25,29). The molecule has 0 spiro atoms. The first-order valence-electron chi connectivity index (χ1n) is 10.7. The second-order valence-corrected chi connectivity index (χ2v) is 7.96. The van der Waals surface area contributed by atoms with Crippen molar-refractivity contribution < 1.29 is 14.1 Å². The van der Waals surface area contributed by atoms with Crippen LogP contribution in [0.15, 0.2) is 53.1 Å². The Morgan fingerprint density at radius 1 is 1.16 bits per heavy atom. The first-order chi connectivity index (χ1) is 15.1. The lowest BCUT2D eigenvalue weighted by molar-refractivity contribution is 0.151. The lowest BCUT2D eigenvalue weighted by atomic mass is 9.94. The molecule has 2 amide bonds. The van der Waals surface area contributed by atoms with E-state index < -0.39 is 0 Å². The molecule has 0 unspecified atom stereocenters. The molecule has 31 heavy (non-hydrogen) atoms. The van der Waals surface area contributed by atoms with Crippen molar-refractivity contribution in [2.75, 3.05) is 12.4 Å². The molecule has 162 valence electrons. The molecule has 1 heterocycles. The van der Waals surface area contributed by atoms with Crippen molar-refractivity contribution in [2.45, 2.75) is 51.6 Å². The van der Waals surface area contributed by atoms with E-state index in [0.717, 1.165) is 48.2 Å². The summed E-state index contributed by atoms with van der Waals surface area (Å²) in [5.74, 6) is 1.69. The number of carbonyl (C=O) groups excluding carboxylic acids is 1. The molecular weight excluding hydrogens is 392 g/mol. The minimum atomic E-state index is -0.137. The summed E-state index contributed by atoms with van der Waals surface area (Å²) in [6.07, 6.45) is 5.44. The van der Waals surface area contributed by atoms with Gasteiger partial charge < -0.3 is 19.5 Å². The number of nitrogens with one attached hydrogen (secondary N) is 1. The number of benzene rings is 2. The van der Waals surface area contributed by atoms with Crippen LogP contribution in [0.4, 0.5) is 10.5 Å². The average molecular weight is 421 g/mol. The van der Waals surface area contributed by atoms with Gasteiger partial charge in [-0.25, -0.2) is 4.79 Å². The van der Waals surface area contributed by atoms with E-state index >= 15 is 0 Å². The molecule has 1 aliphatic carbocycles. The smallest absolute Gasteiger partial charge is 0.322 e. The molecule has 1 fully saturated rings. The maximum atomic E-state index is 13.2. The molecule has 0 aliphatic heterocycles. The van der Waals surface area contributed by atoms with Gasteiger partial charge in [-0.05, 0) is 61.7 Å². The summed E-state index contributed by atoms with van der Waals surface area (Å²) in [6, 6.07) is 15.3. The number of rotatable bonds is 6. The number of methoxy groups -OCH3 is 1. The Labute approximate surface area is 182 Å². The number of aromatic nitrogens is 2. The van der Waals surface area contributed by atoms with Crippen molar-refractivity contribution in [1.29, 1.82) is 0 Å². The van der Waals surface area contributed by atoms with Crippen LogP contribution in [0.25, 0.3) is 11.4 Å². The van der Waals surface area contributed by atoms with Gasteiger partial charge in [0.1, 0.15) is 12.3 Å². The Morgan fingerprint density at radius 3 is 2.65 bits per heavy atom. The molecule has 4 rings (SSSR count). The van der Waals surface area contributed by atoms with Crippen LogP contribution < -0.4 is 10.1 Å². The van der Waals surface area contributed by atoms with Gasteiger partial charge in [0.05, 0.1) is 7.11 Å². The molecule has 7 heteroatoms. The Bertz CT molecular complexity index is 1010. The predicted molar refractivity (Wildman–Crippen MR) is 119 cm³/mol. The van der Waals surface area contributed by atoms with Crippen molar-refractivity contribution >= 4 is 11.7 Å². The molecule has 0 atom stereocenters. The van der Waals surface area contributed by atoms with Gasteiger partial charge >= 0.3 is 6.03 Å². The van der Waals surface area contributed by atoms with Crippen LogP contribution in [0, 0.1) is 6.92 Å². The number of anilines is 1. The number of hydrogen-bond acceptors (Lipinski definition) is 5. The van der Waals surface area contributed by atoms with Crippen LogP contribution in [0.1, 0.15) is 43.6 Å². The lowest BCUT2D eigenvalue weighted by Crippen LogP contribution is -2.43. The Morgan fingerprint density at radius 2 is 1.94 bits per heavy atom. The molecule has 1 aliphatic rings. The molecule has 0 bridgehead atoms. The van der Waals surface area contributed by atoms with Crippen LogP contribution in [0.2, 0.25) is 0 Å². The average Bonchev–Trinajstić information content (AvgIpc) is 3.27. The van der Waals surface area contributed by atoms with Crippen molar-refractivity contribution in [1.82, 2.24) is 15.0 Å². The second-order valence-electron chi connectivity index (χ2n) is 7.96. The molecule has 7 nitrogen and oxygen atoms in total. The number of nitrogens with zero attached hydrogens (tertiary/aromatic N) is 3. The van der Waals surface area contributed by atoms with Crippen molar-refractivity contribution in [2.24, 2.45) is 0 Å². The second kappa shape index (κ2) is 9.64. The van der Waals surface area contributed by atoms with Gasteiger partial charge in [0.25, 0.3) is 0 Å². The summed E-state index contributed by atoms with van der Waals surface area (Å²) in [5, 5.41) is 7.14. The SMILES string of the molecule is COc1ccc(-c2noc(CN(C(=O)Nc3cccc(C)c3)C3CCCCC3)n2)cc1. The number of ether oxygens (including phenoxy) is 1. The highest BCUT2D eigenvalue weighted by atomic mass is 16.5. The van der Waals surface area contributed by atoms with E-state index in [-0.39, 0.29) is 18.6 Å². The fourth-order valence-corrected chi connectivity index (χ4v) is 4.00. The third kappa shape index (κ3) is 5.23. The Balaban J connectivity index is 1.51. The van der Waals surface area contributed by atoms with E-state index in [1.165, 1.54) is 6.42 Å². The first-order valence-corrected chi connectivity index (χ1v) is 10.7. The van der Waals surface area contributed by atoms with Gasteiger partial charge in [-0.15, -0.1) is 0 Å². The highest BCUT2D eigenvalue weighted by Crippen LogP contribution is 2.26. The number of urea groups is 1. The van der Waals surface area contributed by atoms with Crippen LogP contribution in [-0.4, -0.2) is 34.2 Å². The third-order valence-corrected chi connectivity index (χ3v) is 5.67. The third-order valence-electron chi connectivity index (χ3n) is 5.67. The summed E-state index contributed by atoms with van der Waals surface area (Å²) in [6.45, 7) is 2.29. The van der Waals surface area contributed by atoms with Crippen LogP contribution in [0.5, 0.6) is 5.75 Å². The summed E-state index contributed by atoms with van der Waals surface area (Å²) in [5.41, 5.74) is 2.72. The normalized spacial score (nSPS) is 14.3. The van der Waals surface area contributed by atoms with E-state index in [1.807, 2.05) is 60.4 Å². The highest BCUT2D eigenvalue weighted by molar-refractivity contribution is 5.89. The van der Waals surface area contributed by atoms with E-state index in [9.17, 15) is 4.79 Å². The number of amides is 2. The zero-order valence-corrected chi connectivity index (χ0v) is 18.0. The largest absolute Gasteiger partial charge is 0.497 e. The number of carbonyl (C=O) groups is 1. The summed E-state index contributed by atoms with van der Waals surface area (Å²) < 4.78 is 10.7. The van der Waals surface area contributed by atoms with E-state index in [4.69, 9.17) is 9.26 Å². The van der Waals surface area contributed by atoms with Crippen molar-refractivity contribution in [3.63, 3.8) is 0 Å². The highest BCUT2D eigenvalue weighted by Gasteiger charge is 2.27. The Kier molecular flexibility index (Phi) is 6.50. The number of aryl methyl sites for hydroxylation is 1. The van der Waals surface area contributed by atoms with Crippen LogP contribution >= 0.6 is 0 Å². The molecule has 2 aromatic carbocycles. The maximum absolute atomic E-state index is 13.2. The monoisotopic (exact) mass is 420 g/mol. The summed E-state index contributed by atoms with van der Waals surface area (Å²) >= 11 is 0. The Hall–Kier alpha value is -3.35. The summed E-state index contributed by atoms with van der Waals surface area (Å²) in [7, 11) is 1.63. The van der Waals surface area contributed by atoms with Gasteiger partial charge in [-0.3, -0.25) is 0 Å². The summed E-state index contributed by atoms with van der Waals surface area (Å²) in [4.78, 5) is 19.6. The van der Waals surface area contributed by atoms with Crippen LogP contribution in [0.3, 0.4) is 0 Å². The zero-order chi connectivity index (χ0) is 21.6. The van der Waals surface area contributed by atoms with Gasteiger partial charge in [-0.2, -0.15) is 4.98 Å². The van der Waals surface area contributed by atoms with Gasteiger partial charge in [-0.1, -0.05) is 36.6 Å². The topological polar surface area (TPSA) is 80.5 Å². The predicted octanol–water partition coefficient (Wildman–Crippen LogP) is 5.42. The first kappa shape index (κ1) is 20.9. The zero-order valence-electron chi connectivity index (χ0n) is 18.0. The van der Waals surface area contributed by atoms with Crippen LogP contribution in [-0.2, 0) is 6.54 Å². The molecular formula is C24H28N4O3. The van der Waals surface area contributed by atoms with E-state index in [2.05, 4.69) is 15.5 Å². The maximum Gasteiger partial charge on any atom is 0.322 e. The van der Waals surface area contributed by atoms with Gasteiger partial charge in [0.15, 0.2) is 0 Å². The van der Waals surface area contributed by atoms with Gasteiger partial charge in [0.2, 0.25) is 11.7 Å². The van der Waals surface area contributed by atoms with Crippen molar-refractivity contribution in [3.8, 4) is 17.1 Å². The molecule has 3 aromatic rings. The minimum Gasteiger partial charge on any atom is -0.497 e. The molecule has 0 radical (unpaired) electrons. The van der Waals surface area contributed by atoms with Gasteiger partial charge in [0, 0.05) is 17.3 Å². The molecule has 1 saturated carbocycles. The van der Waals surface area contributed by atoms with E-state index in [1.54, 1.807) is 7.11 Å². The minimum absolute atomic E-state index is 0.137. The fraction of sp³-hybridized carbons (Fsp3) is 0.375. The fourth-order valence-electron chi connectivity index (χ4n) is 4.00.